The monoisotopic (exact) mass is 279 g/mol. The molecule has 0 saturated heterocycles. The van der Waals surface area contributed by atoms with Gasteiger partial charge >= 0.3 is 5.97 Å². The highest BCUT2D eigenvalue weighted by atomic mass is 35.5. The van der Waals surface area contributed by atoms with Gasteiger partial charge in [-0.1, -0.05) is 11.6 Å². The number of pyridine rings is 1. The number of hydrogen-bond donors (Lipinski definition) is 0. The fourth-order valence-corrected chi connectivity index (χ4v) is 2.55. The molecule has 0 radical (unpaired) electrons. The number of halogens is 1. The van der Waals surface area contributed by atoms with Crippen LogP contribution in [-0.2, 0) is 4.74 Å². The van der Waals surface area contributed by atoms with Gasteiger partial charge in [-0.2, -0.15) is 5.10 Å². The molecule has 6 heteroatoms. The van der Waals surface area contributed by atoms with Crippen LogP contribution in [0.4, 0.5) is 0 Å². The number of ether oxygens (including phenoxy) is 1. The minimum absolute atomic E-state index is 0.273. The zero-order valence-corrected chi connectivity index (χ0v) is 11.5. The van der Waals surface area contributed by atoms with Gasteiger partial charge in [-0.3, -0.25) is 0 Å². The first-order valence-corrected chi connectivity index (χ1v) is 6.61. The number of carbonyl (C=O) groups excluding carboxylic acids is 1. The number of fused-ring (bicyclic) bond motifs is 1. The van der Waals surface area contributed by atoms with Gasteiger partial charge in [0.2, 0.25) is 0 Å². The molecule has 0 aliphatic heterocycles. The first-order valence-electron chi connectivity index (χ1n) is 6.23. The van der Waals surface area contributed by atoms with Crippen LogP contribution in [-0.4, -0.2) is 27.8 Å². The van der Waals surface area contributed by atoms with Crippen LogP contribution in [0.1, 0.15) is 36.2 Å². The molecule has 0 spiro atoms. The molecule has 2 heterocycles. The van der Waals surface area contributed by atoms with Crippen LogP contribution in [0.15, 0.2) is 12.4 Å². The molecule has 0 N–H and O–H groups in total. The van der Waals surface area contributed by atoms with Gasteiger partial charge in [0, 0.05) is 6.20 Å². The van der Waals surface area contributed by atoms with Gasteiger partial charge in [0.05, 0.1) is 35.3 Å². The van der Waals surface area contributed by atoms with E-state index in [0.717, 1.165) is 5.65 Å². The Morgan fingerprint density at radius 2 is 2.26 bits per heavy atom. The number of hydrogen-bond acceptors (Lipinski definition) is 4. The van der Waals surface area contributed by atoms with Crippen LogP contribution >= 0.6 is 11.6 Å². The summed E-state index contributed by atoms with van der Waals surface area (Å²) in [5.74, 6) is 0.186. The lowest BCUT2D eigenvalue weighted by atomic mass is 10.2. The minimum Gasteiger partial charge on any atom is -0.465 e. The van der Waals surface area contributed by atoms with E-state index in [1.807, 2.05) is 4.68 Å². The second-order valence-electron chi connectivity index (χ2n) is 4.88. The van der Waals surface area contributed by atoms with Crippen molar-refractivity contribution in [3.63, 3.8) is 0 Å². The Hall–Kier alpha value is -1.62. The van der Waals surface area contributed by atoms with E-state index >= 15 is 0 Å². The van der Waals surface area contributed by atoms with E-state index in [0.29, 0.717) is 22.4 Å². The summed E-state index contributed by atoms with van der Waals surface area (Å²) in [5.41, 5.74) is 0.993. The molecule has 5 nitrogen and oxygen atoms in total. The van der Waals surface area contributed by atoms with E-state index < -0.39 is 5.97 Å². The first-order chi connectivity index (χ1) is 9.13. The SMILES string of the molecule is COC(=O)c1cnc2c(cnn2C(C)C2CC2)c1Cl. The average Bonchev–Trinajstić information content (AvgIpc) is 3.17. The molecule has 19 heavy (non-hydrogen) atoms. The summed E-state index contributed by atoms with van der Waals surface area (Å²) in [5, 5.41) is 5.41. The van der Waals surface area contributed by atoms with Gasteiger partial charge < -0.3 is 4.74 Å². The van der Waals surface area contributed by atoms with Gasteiger partial charge in [0.25, 0.3) is 0 Å². The van der Waals surface area contributed by atoms with E-state index in [4.69, 9.17) is 11.6 Å². The lowest BCUT2D eigenvalue weighted by Crippen LogP contribution is -2.10. The molecule has 1 aliphatic rings. The van der Waals surface area contributed by atoms with Crippen molar-refractivity contribution in [2.24, 2.45) is 5.92 Å². The predicted molar refractivity (Wildman–Crippen MR) is 71.3 cm³/mol. The highest BCUT2D eigenvalue weighted by Crippen LogP contribution is 2.40. The predicted octanol–water partition coefficient (Wildman–Crippen LogP) is 2.84. The van der Waals surface area contributed by atoms with Gasteiger partial charge in [0.1, 0.15) is 0 Å². The topological polar surface area (TPSA) is 57.0 Å². The Kier molecular flexibility index (Phi) is 2.93. The minimum atomic E-state index is -0.484. The van der Waals surface area contributed by atoms with Crippen LogP contribution in [0, 0.1) is 5.92 Å². The van der Waals surface area contributed by atoms with Crippen molar-refractivity contribution >= 4 is 28.6 Å². The summed E-state index contributed by atoms with van der Waals surface area (Å²) < 4.78 is 6.57. The Morgan fingerprint density at radius 1 is 1.53 bits per heavy atom. The van der Waals surface area contributed by atoms with Gasteiger partial charge in [0.15, 0.2) is 5.65 Å². The summed E-state index contributed by atoms with van der Waals surface area (Å²) in [6.07, 6.45) is 5.58. The Bertz CT molecular complexity index is 649. The zero-order chi connectivity index (χ0) is 13.6. The first kappa shape index (κ1) is 12.4. The number of methoxy groups -OCH3 is 1. The smallest absolute Gasteiger partial charge is 0.340 e. The standard InChI is InChI=1S/C13H14ClN3O2/c1-7(8-3-4-8)17-12-9(6-16-17)11(14)10(5-15-12)13(18)19-2/h5-8H,3-4H2,1-2H3. The van der Waals surface area contributed by atoms with Crippen LogP contribution in [0.25, 0.3) is 11.0 Å². The molecule has 1 unspecified atom stereocenters. The maximum absolute atomic E-state index is 11.6. The van der Waals surface area contributed by atoms with Gasteiger partial charge in [-0.25, -0.2) is 14.5 Å². The van der Waals surface area contributed by atoms with E-state index in [-0.39, 0.29) is 5.56 Å². The lowest BCUT2D eigenvalue weighted by molar-refractivity contribution is 0.0600. The molecule has 0 amide bonds. The normalized spacial score (nSPS) is 16.6. The third-order valence-corrected chi connectivity index (χ3v) is 4.06. The average molecular weight is 280 g/mol. The second-order valence-corrected chi connectivity index (χ2v) is 5.26. The lowest BCUT2D eigenvalue weighted by Gasteiger charge is -2.11. The van der Waals surface area contributed by atoms with Crippen molar-refractivity contribution in [2.75, 3.05) is 7.11 Å². The van der Waals surface area contributed by atoms with Gasteiger partial charge in [-0.05, 0) is 25.7 Å². The molecule has 1 saturated carbocycles. The molecule has 2 aromatic heterocycles. The van der Waals surface area contributed by atoms with E-state index in [1.165, 1.54) is 26.1 Å². The summed E-state index contributed by atoms with van der Waals surface area (Å²) in [6, 6.07) is 0.310. The van der Waals surface area contributed by atoms with Crippen LogP contribution in [0.3, 0.4) is 0 Å². The summed E-state index contributed by atoms with van der Waals surface area (Å²) in [4.78, 5) is 15.9. The third-order valence-electron chi connectivity index (χ3n) is 3.65. The van der Waals surface area contributed by atoms with Crippen LogP contribution in [0.2, 0.25) is 5.02 Å². The summed E-state index contributed by atoms with van der Waals surface area (Å²) >= 11 is 6.23. The van der Waals surface area contributed by atoms with Gasteiger partial charge in [-0.15, -0.1) is 0 Å². The molecular weight excluding hydrogens is 266 g/mol. The zero-order valence-electron chi connectivity index (χ0n) is 10.8. The summed E-state index contributed by atoms with van der Waals surface area (Å²) in [7, 11) is 1.32. The summed E-state index contributed by atoms with van der Waals surface area (Å²) in [6.45, 7) is 2.13. The number of nitrogens with zero attached hydrogens (tertiary/aromatic N) is 3. The van der Waals surface area contributed by atoms with Crippen molar-refractivity contribution in [1.82, 2.24) is 14.8 Å². The number of rotatable bonds is 3. The second kappa shape index (κ2) is 4.49. The van der Waals surface area contributed by atoms with E-state index in [2.05, 4.69) is 21.7 Å². The van der Waals surface area contributed by atoms with E-state index in [1.54, 1.807) is 6.20 Å². The van der Waals surface area contributed by atoms with Crippen molar-refractivity contribution in [1.29, 1.82) is 0 Å². The molecule has 1 atom stereocenters. The molecule has 1 fully saturated rings. The third kappa shape index (κ3) is 1.98. The molecule has 0 aromatic carbocycles. The van der Waals surface area contributed by atoms with E-state index in [9.17, 15) is 4.79 Å². The molecule has 0 bridgehead atoms. The Labute approximate surface area is 115 Å². The number of carbonyl (C=O) groups is 1. The maximum Gasteiger partial charge on any atom is 0.340 e. The molecule has 3 rings (SSSR count). The molecule has 1 aliphatic carbocycles. The fourth-order valence-electron chi connectivity index (χ4n) is 2.30. The highest BCUT2D eigenvalue weighted by Gasteiger charge is 2.31. The van der Waals surface area contributed by atoms with Crippen molar-refractivity contribution in [3.8, 4) is 0 Å². The molecule has 100 valence electrons. The Morgan fingerprint density at radius 3 is 2.89 bits per heavy atom. The maximum atomic E-state index is 11.6. The quantitative estimate of drug-likeness (QED) is 0.811. The number of esters is 1. The largest absolute Gasteiger partial charge is 0.465 e. The number of aromatic nitrogens is 3. The fraction of sp³-hybridized carbons (Fsp3) is 0.462. The van der Waals surface area contributed by atoms with Crippen LogP contribution < -0.4 is 0 Å². The molecular formula is C13H14ClN3O2. The van der Waals surface area contributed by atoms with Crippen molar-refractivity contribution in [2.45, 2.75) is 25.8 Å². The van der Waals surface area contributed by atoms with Crippen LogP contribution in [0.5, 0.6) is 0 Å². The Balaban J connectivity index is 2.10. The molecule has 2 aromatic rings. The van der Waals surface area contributed by atoms with Crippen molar-refractivity contribution in [3.05, 3.63) is 23.0 Å². The highest BCUT2D eigenvalue weighted by molar-refractivity contribution is 6.38. The van der Waals surface area contributed by atoms with Crippen molar-refractivity contribution < 1.29 is 9.53 Å².